The molecule has 1 aromatic heterocycles. The minimum atomic E-state index is -0.137. The molecule has 2 aromatic rings. The van der Waals surface area contributed by atoms with Crippen LogP contribution in [0.25, 0.3) is 0 Å². The molecular weight excluding hydrogens is 308 g/mol. The van der Waals surface area contributed by atoms with Crippen LogP contribution in [0.5, 0.6) is 5.75 Å². The van der Waals surface area contributed by atoms with E-state index in [-0.39, 0.29) is 5.91 Å². The summed E-state index contributed by atoms with van der Waals surface area (Å²) < 4.78 is 5.10. The van der Waals surface area contributed by atoms with Crippen molar-refractivity contribution in [2.75, 3.05) is 7.11 Å². The van der Waals surface area contributed by atoms with Crippen LogP contribution < -0.4 is 10.2 Å². The van der Waals surface area contributed by atoms with Gasteiger partial charge in [0.05, 0.1) is 18.2 Å². The second-order valence-corrected chi connectivity index (χ2v) is 7.02. The van der Waals surface area contributed by atoms with E-state index in [9.17, 15) is 4.79 Å². The zero-order valence-electron chi connectivity index (χ0n) is 13.3. The average molecular weight is 328 g/mol. The fourth-order valence-corrected chi connectivity index (χ4v) is 3.83. The Labute approximate surface area is 140 Å². The molecule has 1 aliphatic rings. The Kier molecular flexibility index (Phi) is 4.76. The predicted octanol–water partition coefficient (Wildman–Crippen LogP) is 3.65. The highest BCUT2D eigenvalue weighted by atomic mass is 32.1. The highest BCUT2D eigenvalue weighted by Gasteiger charge is 2.20. The Morgan fingerprint density at radius 2 is 2.17 bits per heavy atom. The monoisotopic (exact) mass is 328 g/mol. The van der Waals surface area contributed by atoms with Crippen molar-refractivity contribution >= 4 is 23.5 Å². The van der Waals surface area contributed by atoms with Gasteiger partial charge in [0.1, 0.15) is 5.75 Å². The third-order valence-electron chi connectivity index (χ3n) is 4.05. The number of hydrazone groups is 1. The fourth-order valence-electron chi connectivity index (χ4n) is 2.73. The fraction of sp³-hybridized carbons (Fsp3) is 0.333. The molecule has 1 aliphatic carbocycles. The lowest BCUT2D eigenvalue weighted by Crippen LogP contribution is -2.16. The highest BCUT2D eigenvalue weighted by Crippen LogP contribution is 2.32. The molecule has 5 heteroatoms. The molecule has 1 amide bonds. The summed E-state index contributed by atoms with van der Waals surface area (Å²) >= 11 is 1.59. The predicted molar refractivity (Wildman–Crippen MR) is 93.6 cm³/mol. The summed E-state index contributed by atoms with van der Waals surface area (Å²) in [7, 11) is 1.63. The van der Waals surface area contributed by atoms with Gasteiger partial charge in [-0.05, 0) is 66.6 Å². The van der Waals surface area contributed by atoms with Crippen LogP contribution in [-0.2, 0) is 12.8 Å². The maximum absolute atomic E-state index is 12.2. The van der Waals surface area contributed by atoms with Crippen molar-refractivity contribution in [2.24, 2.45) is 11.0 Å². The Bertz CT molecular complexity index is 719. The van der Waals surface area contributed by atoms with Gasteiger partial charge in [0.15, 0.2) is 0 Å². The molecule has 4 nitrogen and oxygen atoms in total. The summed E-state index contributed by atoms with van der Waals surface area (Å²) in [6.07, 6.45) is 5.01. The molecule has 0 saturated heterocycles. The first kappa shape index (κ1) is 15.7. The van der Waals surface area contributed by atoms with Gasteiger partial charge < -0.3 is 4.74 Å². The molecule has 0 saturated carbocycles. The molecule has 1 unspecified atom stereocenters. The number of rotatable bonds is 4. The standard InChI is InChI=1S/C18H20N2O2S/c1-12-3-8-16-14(9-12)10-17(23-16)18(21)20-19-11-13-4-6-15(22-2)7-5-13/h4-7,10-12H,3,8-9H2,1-2H3,(H,20,21)/b19-11+. The summed E-state index contributed by atoms with van der Waals surface area (Å²) in [6, 6.07) is 9.52. The lowest BCUT2D eigenvalue weighted by molar-refractivity contribution is 0.0959. The van der Waals surface area contributed by atoms with Gasteiger partial charge in [0.2, 0.25) is 0 Å². The molecular formula is C18H20N2O2S. The number of ether oxygens (including phenoxy) is 1. The molecule has 0 fully saturated rings. The van der Waals surface area contributed by atoms with Crippen molar-refractivity contribution in [3.63, 3.8) is 0 Å². The van der Waals surface area contributed by atoms with Gasteiger partial charge >= 0.3 is 0 Å². The Morgan fingerprint density at radius 1 is 1.39 bits per heavy atom. The molecule has 1 aromatic carbocycles. The first-order valence-corrected chi connectivity index (χ1v) is 8.56. The molecule has 1 heterocycles. The number of carbonyl (C=O) groups excluding carboxylic acids is 1. The van der Waals surface area contributed by atoms with Crippen LogP contribution in [-0.4, -0.2) is 19.2 Å². The largest absolute Gasteiger partial charge is 0.497 e. The van der Waals surface area contributed by atoms with Crippen molar-refractivity contribution in [1.29, 1.82) is 0 Å². The lowest BCUT2D eigenvalue weighted by Gasteiger charge is -2.16. The summed E-state index contributed by atoms with van der Waals surface area (Å²) in [5.74, 6) is 1.37. The van der Waals surface area contributed by atoms with Crippen LogP contribution in [0.15, 0.2) is 35.4 Å². The van der Waals surface area contributed by atoms with E-state index in [2.05, 4.69) is 17.5 Å². The number of carbonyl (C=O) groups is 1. The SMILES string of the molecule is COc1ccc(/C=N/NC(=O)c2cc3c(s2)CCC(C)C3)cc1. The van der Waals surface area contributed by atoms with Crippen molar-refractivity contribution in [3.05, 3.63) is 51.2 Å². The molecule has 0 aliphatic heterocycles. The van der Waals surface area contributed by atoms with E-state index in [4.69, 9.17) is 4.74 Å². The third-order valence-corrected chi connectivity index (χ3v) is 5.28. The number of nitrogens with one attached hydrogen (secondary N) is 1. The van der Waals surface area contributed by atoms with E-state index >= 15 is 0 Å². The maximum atomic E-state index is 12.2. The zero-order valence-corrected chi connectivity index (χ0v) is 14.2. The van der Waals surface area contributed by atoms with Crippen LogP contribution in [0.2, 0.25) is 0 Å². The van der Waals surface area contributed by atoms with Crippen LogP contribution >= 0.6 is 11.3 Å². The van der Waals surface area contributed by atoms with Crippen molar-refractivity contribution in [3.8, 4) is 5.75 Å². The lowest BCUT2D eigenvalue weighted by atomic mass is 9.90. The van der Waals surface area contributed by atoms with Crippen LogP contribution in [0.1, 0.15) is 39.0 Å². The quantitative estimate of drug-likeness (QED) is 0.688. The number of thiophene rings is 1. The van der Waals surface area contributed by atoms with Gasteiger partial charge in [-0.1, -0.05) is 6.92 Å². The Balaban J connectivity index is 1.61. The molecule has 3 rings (SSSR count). The number of fused-ring (bicyclic) bond motifs is 1. The first-order chi connectivity index (χ1) is 11.2. The number of nitrogens with zero attached hydrogens (tertiary/aromatic N) is 1. The summed E-state index contributed by atoms with van der Waals surface area (Å²) in [6.45, 7) is 2.26. The second kappa shape index (κ2) is 6.96. The van der Waals surface area contributed by atoms with Gasteiger partial charge in [-0.25, -0.2) is 5.43 Å². The minimum Gasteiger partial charge on any atom is -0.497 e. The Morgan fingerprint density at radius 3 is 2.91 bits per heavy atom. The topological polar surface area (TPSA) is 50.7 Å². The molecule has 1 N–H and O–H groups in total. The van der Waals surface area contributed by atoms with Crippen LogP contribution in [0.3, 0.4) is 0 Å². The van der Waals surface area contributed by atoms with E-state index in [0.29, 0.717) is 5.92 Å². The molecule has 1 atom stereocenters. The second-order valence-electron chi connectivity index (χ2n) is 5.88. The number of hydrogen-bond acceptors (Lipinski definition) is 4. The number of amides is 1. The normalized spacial score (nSPS) is 17.0. The molecule has 0 radical (unpaired) electrons. The number of aryl methyl sites for hydroxylation is 1. The van der Waals surface area contributed by atoms with E-state index < -0.39 is 0 Å². The minimum absolute atomic E-state index is 0.137. The summed E-state index contributed by atoms with van der Waals surface area (Å²) in [5, 5.41) is 4.04. The third kappa shape index (κ3) is 3.79. The average Bonchev–Trinajstić information content (AvgIpc) is 2.98. The van der Waals surface area contributed by atoms with Gasteiger partial charge in [0, 0.05) is 4.88 Å². The molecule has 0 spiro atoms. The maximum Gasteiger partial charge on any atom is 0.281 e. The number of benzene rings is 1. The van der Waals surface area contributed by atoms with E-state index in [0.717, 1.165) is 29.0 Å². The van der Waals surface area contributed by atoms with Gasteiger partial charge in [-0.15, -0.1) is 11.3 Å². The van der Waals surface area contributed by atoms with Gasteiger partial charge in [-0.3, -0.25) is 4.79 Å². The molecule has 23 heavy (non-hydrogen) atoms. The van der Waals surface area contributed by atoms with Crippen LogP contribution in [0, 0.1) is 5.92 Å². The van der Waals surface area contributed by atoms with Crippen molar-refractivity contribution in [1.82, 2.24) is 5.43 Å². The van der Waals surface area contributed by atoms with Gasteiger partial charge in [-0.2, -0.15) is 5.10 Å². The number of methoxy groups -OCH3 is 1. The Hall–Kier alpha value is -2.14. The van der Waals surface area contributed by atoms with Crippen molar-refractivity contribution in [2.45, 2.75) is 26.2 Å². The summed E-state index contributed by atoms with van der Waals surface area (Å²) in [4.78, 5) is 14.3. The van der Waals surface area contributed by atoms with E-state index in [1.54, 1.807) is 24.7 Å². The smallest absolute Gasteiger partial charge is 0.281 e. The number of hydrogen-bond donors (Lipinski definition) is 1. The van der Waals surface area contributed by atoms with Crippen LogP contribution in [0.4, 0.5) is 0 Å². The van der Waals surface area contributed by atoms with Crippen molar-refractivity contribution < 1.29 is 9.53 Å². The highest BCUT2D eigenvalue weighted by molar-refractivity contribution is 7.14. The molecule has 0 bridgehead atoms. The zero-order chi connectivity index (χ0) is 16.2. The first-order valence-electron chi connectivity index (χ1n) is 7.74. The van der Waals surface area contributed by atoms with E-state index in [1.165, 1.54) is 16.9 Å². The molecule has 120 valence electrons. The van der Waals surface area contributed by atoms with E-state index in [1.807, 2.05) is 30.3 Å². The summed E-state index contributed by atoms with van der Waals surface area (Å²) in [5.41, 5.74) is 4.85. The van der Waals surface area contributed by atoms with Gasteiger partial charge in [0.25, 0.3) is 5.91 Å².